The van der Waals surface area contributed by atoms with Gasteiger partial charge in [-0.25, -0.2) is 4.79 Å². The second-order valence-corrected chi connectivity index (χ2v) is 9.73. The topological polar surface area (TPSA) is 44.8 Å². The van der Waals surface area contributed by atoms with E-state index in [9.17, 15) is 4.79 Å². The SMILES string of the molecule is CC(C)CCOc1ccc(C2(c3ccc(OCCC(C)C)cc3)OC(=O)c3ccccc32)cc1. The van der Waals surface area contributed by atoms with Gasteiger partial charge in [0.15, 0.2) is 5.60 Å². The van der Waals surface area contributed by atoms with Crippen molar-refractivity contribution in [3.63, 3.8) is 0 Å². The average Bonchev–Trinajstić information content (AvgIpc) is 3.13. The third-order valence-corrected chi connectivity index (χ3v) is 6.22. The minimum absolute atomic E-state index is 0.315. The van der Waals surface area contributed by atoms with Crippen molar-refractivity contribution in [1.82, 2.24) is 0 Å². The van der Waals surface area contributed by atoms with Crippen LogP contribution in [0.1, 0.15) is 67.6 Å². The van der Waals surface area contributed by atoms with E-state index in [0.29, 0.717) is 30.6 Å². The van der Waals surface area contributed by atoms with Crippen LogP contribution >= 0.6 is 0 Å². The van der Waals surface area contributed by atoms with Gasteiger partial charge in [0.2, 0.25) is 0 Å². The normalized spacial score (nSPS) is 14.2. The second kappa shape index (κ2) is 10.3. The molecule has 4 nitrogen and oxygen atoms in total. The summed E-state index contributed by atoms with van der Waals surface area (Å²) in [7, 11) is 0. The highest BCUT2D eigenvalue weighted by atomic mass is 16.6. The number of hydrogen-bond acceptors (Lipinski definition) is 4. The molecule has 3 aromatic rings. The number of ether oxygens (including phenoxy) is 3. The highest BCUT2D eigenvalue weighted by Gasteiger charge is 2.48. The highest BCUT2D eigenvalue weighted by Crippen LogP contribution is 2.47. The molecule has 1 aliphatic heterocycles. The first-order chi connectivity index (χ1) is 16.4. The van der Waals surface area contributed by atoms with Gasteiger partial charge in [-0.15, -0.1) is 0 Å². The van der Waals surface area contributed by atoms with E-state index in [1.807, 2.05) is 72.8 Å². The smallest absolute Gasteiger partial charge is 0.340 e. The van der Waals surface area contributed by atoms with Gasteiger partial charge in [0.1, 0.15) is 11.5 Å². The molecule has 34 heavy (non-hydrogen) atoms. The molecule has 0 aromatic heterocycles. The Morgan fingerprint density at radius 1 is 0.706 bits per heavy atom. The van der Waals surface area contributed by atoms with Crippen molar-refractivity contribution in [2.24, 2.45) is 11.8 Å². The monoisotopic (exact) mass is 458 g/mol. The summed E-state index contributed by atoms with van der Waals surface area (Å²) in [4.78, 5) is 12.9. The van der Waals surface area contributed by atoms with Crippen LogP contribution in [0.25, 0.3) is 0 Å². The number of fused-ring (bicyclic) bond motifs is 1. The molecule has 0 atom stereocenters. The Morgan fingerprint density at radius 2 is 1.18 bits per heavy atom. The molecule has 0 amide bonds. The van der Waals surface area contributed by atoms with E-state index in [2.05, 4.69) is 27.7 Å². The number of hydrogen-bond donors (Lipinski definition) is 0. The molecule has 178 valence electrons. The average molecular weight is 459 g/mol. The lowest BCUT2D eigenvalue weighted by Crippen LogP contribution is -2.29. The molecular weight excluding hydrogens is 424 g/mol. The van der Waals surface area contributed by atoms with Crippen LogP contribution in [0.5, 0.6) is 11.5 Å². The van der Waals surface area contributed by atoms with Crippen LogP contribution in [-0.2, 0) is 10.3 Å². The van der Waals surface area contributed by atoms with Gasteiger partial charge in [0, 0.05) is 16.7 Å². The third-order valence-electron chi connectivity index (χ3n) is 6.22. The Kier molecular flexibility index (Phi) is 7.26. The molecule has 0 unspecified atom stereocenters. The lowest BCUT2D eigenvalue weighted by molar-refractivity contribution is 0.0251. The number of rotatable bonds is 10. The summed E-state index contributed by atoms with van der Waals surface area (Å²) in [6.45, 7) is 10.1. The Balaban J connectivity index is 1.67. The van der Waals surface area contributed by atoms with Crippen molar-refractivity contribution in [3.05, 3.63) is 95.1 Å². The lowest BCUT2D eigenvalue weighted by Gasteiger charge is -2.30. The fraction of sp³-hybridized carbons (Fsp3) is 0.367. The summed E-state index contributed by atoms with van der Waals surface area (Å²) in [5, 5.41) is 0. The Hall–Kier alpha value is -3.27. The first-order valence-corrected chi connectivity index (χ1v) is 12.2. The minimum Gasteiger partial charge on any atom is -0.494 e. The highest BCUT2D eigenvalue weighted by molar-refractivity contribution is 5.96. The van der Waals surface area contributed by atoms with Gasteiger partial charge in [-0.1, -0.05) is 70.2 Å². The number of carbonyl (C=O) groups excluding carboxylic acids is 1. The summed E-state index contributed by atoms with van der Waals surface area (Å²) < 4.78 is 18.0. The lowest BCUT2D eigenvalue weighted by atomic mass is 9.80. The van der Waals surface area contributed by atoms with Gasteiger partial charge < -0.3 is 14.2 Å². The van der Waals surface area contributed by atoms with E-state index < -0.39 is 5.60 Å². The van der Waals surface area contributed by atoms with Crippen LogP contribution in [0.3, 0.4) is 0 Å². The van der Waals surface area contributed by atoms with Crippen molar-refractivity contribution in [3.8, 4) is 11.5 Å². The third kappa shape index (κ3) is 4.96. The van der Waals surface area contributed by atoms with Crippen molar-refractivity contribution in [2.45, 2.75) is 46.1 Å². The number of esters is 1. The van der Waals surface area contributed by atoms with Crippen LogP contribution in [-0.4, -0.2) is 19.2 Å². The molecule has 0 saturated heterocycles. The Labute approximate surface area is 202 Å². The van der Waals surface area contributed by atoms with Gasteiger partial charge in [0.05, 0.1) is 18.8 Å². The van der Waals surface area contributed by atoms with Gasteiger partial charge >= 0.3 is 5.97 Å². The van der Waals surface area contributed by atoms with Gasteiger partial charge in [-0.05, 0) is 55.0 Å². The maximum Gasteiger partial charge on any atom is 0.340 e. The molecule has 0 fully saturated rings. The molecule has 0 N–H and O–H groups in total. The van der Waals surface area contributed by atoms with E-state index in [1.54, 1.807) is 0 Å². The van der Waals surface area contributed by atoms with Crippen molar-refractivity contribution < 1.29 is 19.0 Å². The van der Waals surface area contributed by atoms with E-state index in [-0.39, 0.29) is 5.97 Å². The summed E-state index contributed by atoms with van der Waals surface area (Å²) in [5.41, 5.74) is 2.20. The fourth-order valence-electron chi connectivity index (χ4n) is 4.21. The molecule has 4 heteroatoms. The minimum atomic E-state index is -1.01. The maximum absolute atomic E-state index is 12.9. The van der Waals surface area contributed by atoms with Crippen molar-refractivity contribution in [2.75, 3.05) is 13.2 Å². The Bertz CT molecular complexity index is 1040. The van der Waals surface area contributed by atoms with Gasteiger partial charge in [-0.2, -0.15) is 0 Å². The first-order valence-electron chi connectivity index (χ1n) is 12.2. The predicted octanol–water partition coefficient (Wildman–Crippen LogP) is 7.00. The molecule has 0 bridgehead atoms. The van der Waals surface area contributed by atoms with Crippen LogP contribution in [0, 0.1) is 11.8 Å². The zero-order chi connectivity index (χ0) is 24.1. The van der Waals surface area contributed by atoms with E-state index in [0.717, 1.165) is 41.0 Å². The quantitative estimate of drug-likeness (QED) is 0.307. The van der Waals surface area contributed by atoms with E-state index in [4.69, 9.17) is 14.2 Å². The van der Waals surface area contributed by atoms with E-state index in [1.165, 1.54) is 0 Å². The molecule has 0 radical (unpaired) electrons. The summed E-state index contributed by atoms with van der Waals surface area (Å²) in [6.07, 6.45) is 2.00. The summed E-state index contributed by atoms with van der Waals surface area (Å²) in [5.74, 6) is 2.49. The van der Waals surface area contributed by atoms with Crippen LogP contribution in [0.4, 0.5) is 0 Å². The summed E-state index contributed by atoms with van der Waals surface area (Å²) >= 11 is 0. The van der Waals surface area contributed by atoms with Crippen LogP contribution in [0.15, 0.2) is 72.8 Å². The molecule has 0 saturated carbocycles. The number of carbonyl (C=O) groups is 1. The molecule has 0 spiro atoms. The first kappa shape index (κ1) is 23.9. The summed E-state index contributed by atoms with van der Waals surface area (Å²) in [6, 6.07) is 23.4. The molecule has 3 aromatic carbocycles. The van der Waals surface area contributed by atoms with Crippen molar-refractivity contribution in [1.29, 1.82) is 0 Å². The van der Waals surface area contributed by atoms with E-state index >= 15 is 0 Å². The van der Waals surface area contributed by atoms with Gasteiger partial charge in [0.25, 0.3) is 0 Å². The van der Waals surface area contributed by atoms with Crippen LogP contribution in [0.2, 0.25) is 0 Å². The van der Waals surface area contributed by atoms with Gasteiger partial charge in [-0.3, -0.25) is 0 Å². The maximum atomic E-state index is 12.9. The molecule has 1 aliphatic rings. The zero-order valence-electron chi connectivity index (χ0n) is 20.5. The Morgan fingerprint density at radius 3 is 1.65 bits per heavy atom. The predicted molar refractivity (Wildman–Crippen MR) is 135 cm³/mol. The molecular formula is C30H34O4. The second-order valence-electron chi connectivity index (χ2n) is 9.73. The van der Waals surface area contributed by atoms with Crippen molar-refractivity contribution >= 4 is 5.97 Å². The number of benzene rings is 3. The molecule has 4 rings (SSSR count). The van der Waals surface area contributed by atoms with Crippen LogP contribution < -0.4 is 9.47 Å². The number of cyclic esters (lactones) is 1. The standard InChI is InChI=1S/C30H34O4/c1-21(2)17-19-32-25-13-9-23(10-14-25)30(28-8-6-5-7-27(28)29(31)34-30)24-11-15-26(16-12-24)33-20-18-22(3)4/h5-16,21-22H,17-20H2,1-4H3. The molecule has 1 heterocycles. The fourth-order valence-corrected chi connectivity index (χ4v) is 4.21. The largest absolute Gasteiger partial charge is 0.494 e. The zero-order valence-corrected chi connectivity index (χ0v) is 20.5. The molecule has 0 aliphatic carbocycles.